The summed E-state index contributed by atoms with van der Waals surface area (Å²) in [4.78, 5) is 1.63. The van der Waals surface area contributed by atoms with E-state index in [2.05, 4.69) is 30.2 Å². The van der Waals surface area contributed by atoms with Crippen molar-refractivity contribution in [1.82, 2.24) is 0 Å². The molecule has 2 aliphatic heterocycles. The van der Waals surface area contributed by atoms with Gasteiger partial charge < -0.3 is 0 Å². The molecule has 4 heteroatoms. The van der Waals surface area contributed by atoms with E-state index in [4.69, 9.17) is 5.73 Å². The average Bonchev–Trinajstić information content (AvgIpc) is 2.72. The van der Waals surface area contributed by atoms with Gasteiger partial charge in [0.1, 0.15) is 0 Å². The summed E-state index contributed by atoms with van der Waals surface area (Å²) in [7, 11) is 0. The van der Waals surface area contributed by atoms with Crippen molar-refractivity contribution in [3.05, 3.63) is 27.4 Å². The van der Waals surface area contributed by atoms with Crippen LogP contribution in [-0.4, -0.2) is 14.3 Å². The number of rotatable bonds is 0. The fourth-order valence-electron chi connectivity index (χ4n) is 2.60. The summed E-state index contributed by atoms with van der Waals surface area (Å²) in [5, 5.41) is 3.96. The molecule has 2 aliphatic rings. The molecule has 0 bridgehead atoms. The second-order valence-corrected chi connectivity index (χ2v) is 13.4. The molecule has 0 aliphatic carbocycles. The molecule has 0 radical (unpaired) electrons. The monoisotopic (exact) mass is 285 g/mol. The summed E-state index contributed by atoms with van der Waals surface area (Å²) in [5.74, 6) is 2.51. The molecular formula is C10H13GeNS2. The van der Waals surface area contributed by atoms with Gasteiger partial charge in [0.05, 0.1) is 0 Å². The van der Waals surface area contributed by atoms with Crippen LogP contribution in [0.15, 0.2) is 22.6 Å². The molecule has 14 heavy (non-hydrogen) atoms. The first-order valence-corrected chi connectivity index (χ1v) is 11.5. The van der Waals surface area contributed by atoms with Gasteiger partial charge in [-0.1, -0.05) is 0 Å². The Bertz CT molecular complexity index is 426. The molecule has 1 aromatic rings. The maximum atomic E-state index is 5.96. The Morgan fingerprint density at radius 3 is 3.14 bits per heavy atom. The number of hydrogen-bond acceptors (Lipinski definition) is 3. The van der Waals surface area contributed by atoms with E-state index in [0.717, 1.165) is 5.03 Å². The van der Waals surface area contributed by atoms with Crippen molar-refractivity contribution in [3.8, 4) is 0 Å². The third-order valence-electron chi connectivity index (χ3n) is 3.64. The van der Waals surface area contributed by atoms with Crippen LogP contribution >= 0.6 is 23.1 Å². The van der Waals surface area contributed by atoms with E-state index in [-0.39, 0.29) is 0 Å². The van der Waals surface area contributed by atoms with Crippen LogP contribution in [0.5, 0.6) is 0 Å². The minimum atomic E-state index is -1.33. The maximum absolute atomic E-state index is 5.96. The van der Waals surface area contributed by atoms with Crippen molar-refractivity contribution < 1.29 is 0 Å². The van der Waals surface area contributed by atoms with E-state index in [1.165, 1.54) is 0 Å². The second-order valence-electron chi connectivity index (χ2n) is 4.37. The third-order valence-corrected chi connectivity index (χ3v) is 15.1. The van der Waals surface area contributed by atoms with Crippen LogP contribution in [0.25, 0.3) is 0 Å². The molecule has 1 nitrogen and oxygen atoms in total. The van der Waals surface area contributed by atoms with E-state index in [0.29, 0.717) is 9.50 Å². The SMILES string of the molecule is [CH3][GeH]1[c]2ccsc2C2SC(N)=C[C]21C. The van der Waals surface area contributed by atoms with Gasteiger partial charge in [0, 0.05) is 0 Å². The zero-order valence-electron chi connectivity index (χ0n) is 8.28. The molecule has 2 N–H and O–H groups in total. The van der Waals surface area contributed by atoms with Crippen molar-refractivity contribution >= 4 is 41.8 Å². The van der Waals surface area contributed by atoms with E-state index in [1.54, 1.807) is 9.27 Å². The summed E-state index contributed by atoms with van der Waals surface area (Å²) in [6, 6.07) is 2.36. The van der Waals surface area contributed by atoms with Gasteiger partial charge in [0.25, 0.3) is 0 Å². The van der Waals surface area contributed by atoms with Gasteiger partial charge in [0.15, 0.2) is 0 Å². The van der Waals surface area contributed by atoms with Crippen molar-refractivity contribution in [1.29, 1.82) is 0 Å². The first-order chi connectivity index (χ1) is 6.63. The Balaban J connectivity index is 2.17. The summed E-state index contributed by atoms with van der Waals surface area (Å²) in [6.07, 6.45) is 2.35. The number of fused-ring (bicyclic) bond motifs is 3. The summed E-state index contributed by atoms with van der Waals surface area (Å²) < 4.78 is 2.18. The summed E-state index contributed by atoms with van der Waals surface area (Å²) in [6.45, 7) is 2.42. The molecule has 3 unspecified atom stereocenters. The van der Waals surface area contributed by atoms with E-state index < -0.39 is 14.3 Å². The van der Waals surface area contributed by atoms with Crippen molar-refractivity contribution in [2.45, 2.75) is 22.2 Å². The summed E-state index contributed by atoms with van der Waals surface area (Å²) in [5.41, 5.74) is 5.96. The molecule has 0 aromatic carbocycles. The Morgan fingerprint density at radius 1 is 1.57 bits per heavy atom. The van der Waals surface area contributed by atoms with Crippen LogP contribution in [0.1, 0.15) is 17.1 Å². The quantitative estimate of drug-likeness (QED) is 0.739. The van der Waals surface area contributed by atoms with E-state index in [1.807, 2.05) is 23.1 Å². The van der Waals surface area contributed by atoms with Gasteiger partial charge in [-0.15, -0.1) is 0 Å². The zero-order valence-corrected chi connectivity index (χ0v) is 12.3. The Hall–Kier alpha value is 0.133. The van der Waals surface area contributed by atoms with Crippen LogP contribution in [-0.2, 0) is 0 Å². The van der Waals surface area contributed by atoms with Crippen LogP contribution in [0.2, 0.25) is 10.0 Å². The van der Waals surface area contributed by atoms with Gasteiger partial charge >= 0.3 is 97.2 Å². The topological polar surface area (TPSA) is 26.0 Å². The number of nitrogens with two attached hydrogens (primary N) is 1. The minimum absolute atomic E-state index is 0.449. The Labute approximate surface area is 96.9 Å². The standard InChI is InChI=1S/C10H13GeNS2/c1-10-5-7(12)14-9(10)8-6(11(10)2)3-4-13-8/h3-5,9,11H,12H2,1-2H3. The molecule has 3 atom stereocenters. The van der Waals surface area contributed by atoms with Crippen LogP contribution in [0.4, 0.5) is 0 Å². The first kappa shape index (κ1) is 9.37. The van der Waals surface area contributed by atoms with Crippen LogP contribution < -0.4 is 10.1 Å². The molecule has 74 valence electrons. The van der Waals surface area contributed by atoms with Gasteiger partial charge in [-0.3, -0.25) is 0 Å². The fourth-order valence-corrected chi connectivity index (χ4v) is 14.6. The molecule has 3 heterocycles. The fraction of sp³-hybridized carbons (Fsp3) is 0.400. The van der Waals surface area contributed by atoms with Gasteiger partial charge in [-0.05, 0) is 0 Å². The average molecular weight is 284 g/mol. The number of thioether (sulfide) groups is 1. The number of hydrogen-bond donors (Lipinski definition) is 1. The molecule has 0 spiro atoms. The first-order valence-electron chi connectivity index (χ1n) is 4.85. The zero-order chi connectivity index (χ0) is 9.92. The second kappa shape index (κ2) is 2.83. The normalized spacial score (nSPS) is 39.4. The van der Waals surface area contributed by atoms with Gasteiger partial charge in [0.2, 0.25) is 0 Å². The molecule has 0 amide bonds. The Kier molecular flexibility index (Phi) is 1.89. The van der Waals surface area contributed by atoms with Crippen LogP contribution in [0.3, 0.4) is 0 Å². The molecule has 0 saturated heterocycles. The van der Waals surface area contributed by atoms with Crippen LogP contribution in [0, 0.1) is 0 Å². The van der Waals surface area contributed by atoms with Crippen molar-refractivity contribution in [2.75, 3.05) is 0 Å². The summed E-state index contributed by atoms with van der Waals surface area (Å²) >= 11 is 2.48. The molecule has 0 fully saturated rings. The van der Waals surface area contributed by atoms with E-state index >= 15 is 0 Å². The number of allylic oxidation sites excluding steroid dienone is 1. The Morgan fingerprint density at radius 2 is 2.36 bits per heavy atom. The molecule has 0 saturated carbocycles. The van der Waals surface area contributed by atoms with E-state index in [9.17, 15) is 0 Å². The molecular weight excluding hydrogens is 271 g/mol. The predicted octanol–water partition coefficient (Wildman–Crippen LogP) is 2.17. The van der Waals surface area contributed by atoms with Crippen molar-refractivity contribution in [3.63, 3.8) is 0 Å². The van der Waals surface area contributed by atoms with Crippen molar-refractivity contribution in [2.24, 2.45) is 5.73 Å². The number of thiophene rings is 1. The molecule has 1 aromatic heterocycles. The molecule has 3 rings (SSSR count). The van der Waals surface area contributed by atoms with Gasteiger partial charge in [-0.25, -0.2) is 0 Å². The third kappa shape index (κ3) is 0.982. The van der Waals surface area contributed by atoms with Gasteiger partial charge in [-0.2, -0.15) is 0 Å². The predicted molar refractivity (Wildman–Crippen MR) is 67.9 cm³/mol.